The number of nitrogens with one attached hydrogen (secondary N) is 1. The lowest BCUT2D eigenvalue weighted by atomic mass is 10.2. The Morgan fingerprint density at radius 1 is 1.37 bits per heavy atom. The Balaban J connectivity index is 1.82. The number of hydrogen-bond donors (Lipinski definition) is 1. The number of thioether (sulfide) groups is 1. The molecule has 1 aromatic heterocycles. The summed E-state index contributed by atoms with van der Waals surface area (Å²) in [5.74, 6) is 0.794. The molecule has 0 aliphatic rings. The van der Waals surface area contributed by atoms with Crippen molar-refractivity contribution in [2.45, 2.75) is 24.9 Å². The summed E-state index contributed by atoms with van der Waals surface area (Å²) in [6.45, 7) is 3.76. The van der Waals surface area contributed by atoms with Crippen molar-refractivity contribution in [2.24, 2.45) is 0 Å². The van der Waals surface area contributed by atoms with E-state index in [0.29, 0.717) is 5.13 Å². The third kappa shape index (κ3) is 4.33. The maximum Gasteiger partial charge on any atom is 0.239 e. The van der Waals surface area contributed by atoms with Crippen molar-refractivity contribution in [3.8, 4) is 0 Å². The number of aromatic nitrogens is 2. The minimum absolute atomic E-state index is 0.0305. The van der Waals surface area contributed by atoms with E-state index in [1.165, 1.54) is 16.9 Å². The third-order valence-electron chi connectivity index (χ3n) is 2.47. The number of carbonyl (C=O) groups is 1. The van der Waals surface area contributed by atoms with E-state index < -0.39 is 0 Å². The fourth-order valence-electron chi connectivity index (χ4n) is 1.43. The monoisotopic (exact) mass is 293 g/mol. The fraction of sp³-hybridized carbons (Fsp3) is 0.308. The van der Waals surface area contributed by atoms with Crippen molar-refractivity contribution in [1.82, 2.24) is 10.2 Å². The molecule has 1 aromatic carbocycles. The van der Waals surface area contributed by atoms with Gasteiger partial charge in [0.2, 0.25) is 11.0 Å². The van der Waals surface area contributed by atoms with Gasteiger partial charge in [-0.05, 0) is 19.4 Å². The summed E-state index contributed by atoms with van der Waals surface area (Å²) in [6, 6.07) is 10.1. The second-order valence-corrected chi connectivity index (χ2v) is 6.57. The number of amides is 1. The van der Waals surface area contributed by atoms with Gasteiger partial charge in [-0.2, -0.15) is 0 Å². The highest BCUT2D eigenvalue weighted by atomic mass is 32.2. The molecular formula is C13H15N3OS2. The molecule has 1 amide bonds. The minimum atomic E-state index is -0.121. The Morgan fingerprint density at radius 3 is 2.74 bits per heavy atom. The van der Waals surface area contributed by atoms with E-state index in [-0.39, 0.29) is 11.2 Å². The fourth-order valence-corrected chi connectivity index (χ4v) is 2.87. The minimum Gasteiger partial charge on any atom is -0.300 e. The zero-order valence-corrected chi connectivity index (χ0v) is 12.4. The second kappa shape index (κ2) is 6.68. The third-order valence-corrected chi connectivity index (χ3v) is 4.44. The summed E-state index contributed by atoms with van der Waals surface area (Å²) in [5.41, 5.74) is 1.22. The highest BCUT2D eigenvalue weighted by Crippen LogP contribution is 2.20. The summed E-state index contributed by atoms with van der Waals surface area (Å²) >= 11 is 2.99. The first-order valence-corrected chi connectivity index (χ1v) is 7.78. The van der Waals surface area contributed by atoms with Gasteiger partial charge in [-0.3, -0.25) is 10.1 Å². The van der Waals surface area contributed by atoms with Gasteiger partial charge in [0, 0.05) is 5.75 Å². The lowest BCUT2D eigenvalue weighted by Crippen LogP contribution is -2.22. The Kier molecular flexibility index (Phi) is 4.93. The Hall–Kier alpha value is -1.40. The number of anilines is 1. The molecule has 6 heteroatoms. The van der Waals surface area contributed by atoms with E-state index in [9.17, 15) is 4.79 Å². The summed E-state index contributed by atoms with van der Waals surface area (Å²) in [6.07, 6.45) is 0. The summed E-state index contributed by atoms with van der Waals surface area (Å²) in [5, 5.41) is 11.8. The number of rotatable bonds is 5. The van der Waals surface area contributed by atoms with Crippen LogP contribution < -0.4 is 5.32 Å². The van der Waals surface area contributed by atoms with Crippen LogP contribution in [-0.2, 0) is 10.5 Å². The van der Waals surface area contributed by atoms with Gasteiger partial charge in [0.1, 0.15) is 5.01 Å². The van der Waals surface area contributed by atoms with Crippen molar-refractivity contribution in [2.75, 3.05) is 5.32 Å². The van der Waals surface area contributed by atoms with Crippen molar-refractivity contribution in [1.29, 1.82) is 0 Å². The molecule has 1 atom stereocenters. The van der Waals surface area contributed by atoms with Gasteiger partial charge in [0.05, 0.1) is 5.25 Å². The Morgan fingerprint density at radius 2 is 2.11 bits per heavy atom. The number of hydrogen-bond acceptors (Lipinski definition) is 5. The lowest BCUT2D eigenvalue weighted by Gasteiger charge is -2.10. The normalized spacial score (nSPS) is 12.1. The molecule has 0 bridgehead atoms. The zero-order valence-electron chi connectivity index (χ0n) is 10.8. The van der Waals surface area contributed by atoms with Crippen LogP contribution in [0.2, 0.25) is 0 Å². The molecule has 1 N–H and O–H groups in total. The first-order chi connectivity index (χ1) is 9.15. The van der Waals surface area contributed by atoms with Crippen LogP contribution in [0.3, 0.4) is 0 Å². The predicted molar refractivity (Wildman–Crippen MR) is 80.5 cm³/mol. The van der Waals surface area contributed by atoms with Crippen molar-refractivity contribution in [3.63, 3.8) is 0 Å². The van der Waals surface area contributed by atoms with Crippen LogP contribution in [0.1, 0.15) is 17.5 Å². The molecule has 0 fully saturated rings. The van der Waals surface area contributed by atoms with Crippen LogP contribution in [0.4, 0.5) is 5.13 Å². The molecule has 0 aliphatic carbocycles. The van der Waals surface area contributed by atoms with Crippen molar-refractivity contribution >= 4 is 34.1 Å². The molecule has 0 saturated heterocycles. The molecule has 2 aromatic rings. The zero-order chi connectivity index (χ0) is 13.7. The molecular weight excluding hydrogens is 278 g/mol. The highest BCUT2D eigenvalue weighted by molar-refractivity contribution is 7.99. The van der Waals surface area contributed by atoms with E-state index in [1.54, 1.807) is 11.8 Å². The van der Waals surface area contributed by atoms with Gasteiger partial charge >= 0.3 is 0 Å². The van der Waals surface area contributed by atoms with Gasteiger partial charge in [0.25, 0.3) is 0 Å². The number of carbonyl (C=O) groups excluding carboxylic acids is 1. The lowest BCUT2D eigenvalue weighted by molar-refractivity contribution is -0.115. The quantitative estimate of drug-likeness (QED) is 0.920. The summed E-state index contributed by atoms with van der Waals surface area (Å²) in [7, 11) is 0. The van der Waals surface area contributed by atoms with Crippen molar-refractivity contribution < 1.29 is 4.79 Å². The van der Waals surface area contributed by atoms with Crippen LogP contribution in [0.5, 0.6) is 0 Å². The molecule has 0 radical (unpaired) electrons. The van der Waals surface area contributed by atoms with Gasteiger partial charge < -0.3 is 0 Å². The van der Waals surface area contributed by atoms with E-state index in [1.807, 2.05) is 32.0 Å². The molecule has 1 unspecified atom stereocenters. The molecule has 4 nitrogen and oxygen atoms in total. The number of benzene rings is 1. The van der Waals surface area contributed by atoms with Crippen LogP contribution in [0, 0.1) is 6.92 Å². The smallest absolute Gasteiger partial charge is 0.239 e. The Bertz CT molecular complexity index is 542. The molecule has 100 valence electrons. The topological polar surface area (TPSA) is 54.9 Å². The first kappa shape index (κ1) is 14.0. The first-order valence-electron chi connectivity index (χ1n) is 5.91. The number of aryl methyl sites for hydroxylation is 1. The number of nitrogens with zero attached hydrogens (tertiary/aromatic N) is 2. The van der Waals surface area contributed by atoms with Gasteiger partial charge in [-0.1, -0.05) is 41.7 Å². The molecule has 1 heterocycles. The maximum atomic E-state index is 11.9. The van der Waals surface area contributed by atoms with Crippen LogP contribution in [-0.4, -0.2) is 21.4 Å². The molecule has 0 spiro atoms. The van der Waals surface area contributed by atoms with E-state index in [4.69, 9.17) is 0 Å². The van der Waals surface area contributed by atoms with Gasteiger partial charge in [0.15, 0.2) is 0 Å². The largest absolute Gasteiger partial charge is 0.300 e. The molecule has 19 heavy (non-hydrogen) atoms. The molecule has 0 saturated carbocycles. The molecule has 0 aliphatic heterocycles. The SMILES string of the molecule is Cc1nnc(NC(=O)C(C)SCc2ccccc2)s1. The standard InChI is InChI=1S/C13H15N3OS2/c1-9(18-8-11-6-4-3-5-7-11)12(17)14-13-16-15-10(2)19-13/h3-7,9H,8H2,1-2H3,(H,14,16,17). The highest BCUT2D eigenvalue weighted by Gasteiger charge is 2.15. The predicted octanol–water partition coefficient (Wildman–Crippen LogP) is 3.11. The van der Waals surface area contributed by atoms with Gasteiger partial charge in [-0.15, -0.1) is 22.0 Å². The average molecular weight is 293 g/mol. The van der Waals surface area contributed by atoms with E-state index in [2.05, 4.69) is 27.6 Å². The van der Waals surface area contributed by atoms with E-state index in [0.717, 1.165) is 10.8 Å². The summed E-state index contributed by atoms with van der Waals surface area (Å²) < 4.78 is 0. The summed E-state index contributed by atoms with van der Waals surface area (Å²) in [4.78, 5) is 11.9. The van der Waals surface area contributed by atoms with Crippen LogP contribution >= 0.6 is 23.1 Å². The van der Waals surface area contributed by atoms with Gasteiger partial charge in [-0.25, -0.2) is 0 Å². The molecule has 2 rings (SSSR count). The Labute approximate surface area is 120 Å². The van der Waals surface area contributed by atoms with E-state index >= 15 is 0 Å². The second-order valence-electron chi connectivity index (χ2n) is 4.05. The van der Waals surface area contributed by atoms with Crippen molar-refractivity contribution in [3.05, 3.63) is 40.9 Å². The average Bonchev–Trinajstić information content (AvgIpc) is 2.82. The maximum absolute atomic E-state index is 11.9. The van der Waals surface area contributed by atoms with Crippen LogP contribution in [0.25, 0.3) is 0 Å². The van der Waals surface area contributed by atoms with Crippen LogP contribution in [0.15, 0.2) is 30.3 Å².